The molecule has 74 valence electrons. The Morgan fingerprint density at radius 1 is 1.57 bits per heavy atom. The van der Waals surface area contributed by atoms with Crippen molar-refractivity contribution in [2.24, 2.45) is 0 Å². The molecule has 1 N–H and O–H groups in total. The van der Waals surface area contributed by atoms with E-state index in [2.05, 4.69) is 0 Å². The molecule has 0 spiro atoms. The summed E-state index contributed by atoms with van der Waals surface area (Å²) in [6.45, 7) is 0. The number of carboxylic acids is 1. The number of hydrogen-bond donors (Lipinski definition) is 1. The molecule has 0 aromatic heterocycles. The first-order valence-corrected chi connectivity index (χ1v) is 3.68. The molecule has 7 heteroatoms. The second-order valence-corrected chi connectivity index (χ2v) is 2.75. The summed E-state index contributed by atoms with van der Waals surface area (Å²) in [5, 5.41) is 18.4. The highest BCUT2D eigenvalue weighted by Crippen LogP contribution is 2.25. The summed E-state index contributed by atoms with van der Waals surface area (Å²) in [6, 6.07) is 1.18. The zero-order valence-corrected chi connectivity index (χ0v) is 7.29. The average Bonchev–Trinajstić information content (AvgIpc) is 2.08. The molecule has 1 aromatic rings. The van der Waals surface area contributed by atoms with Gasteiger partial charge in [-0.25, -0.2) is 9.18 Å². The number of nitro benzene ring substituents is 1. The van der Waals surface area contributed by atoms with Gasteiger partial charge in [-0.3, -0.25) is 10.1 Å². The third-order valence-corrected chi connectivity index (χ3v) is 1.76. The predicted octanol–water partition coefficient (Wildman–Crippen LogP) is 2.09. The van der Waals surface area contributed by atoms with E-state index in [0.29, 0.717) is 12.1 Å². The summed E-state index contributed by atoms with van der Waals surface area (Å²) >= 11 is 5.26. The first-order chi connectivity index (χ1) is 6.43. The minimum atomic E-state index is -1.58. The van der Waals surface area contributed by atoms with E-state index in [1.165, 1.54) is 0 Å². The second kappa shape index (κ2) is 3.59. The molecule has 0 aliphatic carbocycles. The van der Waals surface area contributed by atoms with Crippen LogP contribution in [0.2, 0.25) is 5.02 Å². The van der Waals surface area contributed by atoms with Crippen LogP contribution in [-0.2, 0) is 0 Å². The first kappa shape index (κ1) is 10.4. The summed E-state index contributed by atoms with van der Waals surface area (Å²) in [7, 11) is 0. The molecule has 0 saturated heterocycles. The van der Waals surface area contributed by atoms with E-state index in [0.717, 1.165) is 0 Å². The van der Waals surface area contributed by atoms with Crippen molar-refractivity contribution in [2.75, 3.05) is 0 Å². The van der Waals surface area contributed by atoms with E-state index in [9.17, 15) is 19.3 Å². The smallest absolute Gasteiger partial charge is 0.342 e. The minimum absolute atomic E-state index is 0.485. The van der Waals surface area contributed by atoms with Crippen molar-refractivity contribution in [2.45, 2.75) is 0 Å². The lowest BCUT2D eigenvalue weighted by molar-refractivity contribution is -0.385. The fourth-order valence-electron chi connectivity index (χ4n) is 0.859. The van der Waals surface area contributed by atoms with Crippen LogP contribution >= 0.6 is 11.6 Å². The number of hydrogen-bond acceptors (Lipinski definition) is 3. The summed E-state index contributed by atoms with van der Waals surface area (Å²) in [5.41, 5.74) is -1.46. The van der Waals surface area contributed by atoms with Gasteiger partial charge in [0.25, 0.3) is 5.69 Å². The Morgan fingerprint density at radius 3 is 2.57 bits per heavy atom. The maximum Gasteiger partial charge on any atom is 0.342 e. The summed E-state index contributed by atoms with van der Waals surface area (Å²) < 4.78 is 12.8. The summed E-state index contributed by atoms with van der Waals surface area (Å²) in [5.74, 6) is -2.58. The number of rotatable bonds is 2. The molecule has 1 rings (SSSR count). The van der Waals surface area contributed by atoms with Crippen molar-refractivity contribution < 1.29 is 19.2 Å². The van der Waals surface area contributed by atoms with Gasteiger partial charge < -0.3 is 5.11 Å². The lowest BCUT2D eigenvalue weighted by Gasteiger charge is -1.99. The van der Waals surface area contributed by atoms with Crippen LogP contribution in [-0.4, -0.2) is 16.0 Å². The van der Waals surface area contributed by atoms with Gasteiger partial charge in [-0.1, -0.05) is 11.6 Å². The van der Waals surface area contributed by atoms with Crippen LogP contribution in [0.25, 0.3) is 0 Å². The van der Waals surface area contributed by atoms with Gasteiger partial charge in [0.1, 0.15) is 11.4 Å². The van der Waals surface area contributed by atoms with Crippen LogP contribution in [0.15, 0.2) is 12.1 Å². The molecule has 0 aliphatic rings. The Balaban J connectivity index is 3.46. The lowest BCUT2D eigenvalue weighted by atomic mass is 10.2. The molecule has 5 nitrogen and oxygen atoms in total. The van der Waals surface area contributed by atoms with Gasteiger partial charge in [0.05, 0.1) is 9.95 Å². The van der Waals surface area contributed by atoms with E-state index >= 15 is 0 Å². The molecular formula is C7H3ClFNO4. The Bertz CT molecular complexity index is 381. The largest absolute Gasteiger partial charge is 0.477 e. The Kier molecular flexibility index (Phi) is 2.66. The number of halogens is 2. The highest BCUT2D eigenvalue weighted by molar-refractivity contribution is 6.31. The molecule has 1 aromatic carbocycles. The molecule has 0 heterocycles. The molecular weight excluding hydrogens is 217 g/mol. The van der Waals surface area contributed by atoms with Gasteiger partial charge in [0.15, 0.2) is 0 Å². The van der Waals surface area contributed by atoms with Gasteiger partial charge in [-0.2, -0.15) is 0 Å². The van der Waals surface area contributed by atoms with Crippen LogP contribution in [0, 0.1) is 15.9 Å². The zero-order valence-electron chi connectivity index (χ0n) is 6.53. The van der Waals surface area contributed by atoms with Crippen LogP contribution < -0.4 is 0 Å². The number of benzene rings is 1. The van der Waals surface area contributed by atoms with Crippen molar-refractivity contribution in [1.82, 2.24) is 0 Å². The van der Waals surface area contributed by atoms with Gasteiger partial charge in [-0.15, -0.1) is 0 Å². The SMILES string of the molecule is O=C(O)c1cc(F)c(Cl)cc1[N+](=O)[O-]. The first-order valence-electron chi connectivity index (χ1n) is 3.30. The molecule has 0 fully saturated rings. The van der Waals surface area contributed by atoms with Crippen LogP contribution in [0.5, 0.6) is 0 Å². The maximum atomic E-state index is 12.8. The third-order valence-electron chi connectivity index (χ3n) is 1.47. The van der Waals surface area contributed by atoms with Crippen molar-refractivity contribution in [3.05, 3.63) is 38.7 Å². The highest BCUT2D eigenvalue weighted by Gasteiger charge is 2.22. The number of carboxylic acid groups (broad SMARTS) is 1. The number of nitro groups is 1. The van der Waals surface area contributed by atoms with Gasteiger partial charge in [0, 0.05) is 6.07 Å². The normalized spacial score (nSPS) is 9.86. The maximum absolute atomic E-state index is 12.8. The number of carbonyl (C=O) groups is 1. The monoisotopic (exact) mass is 219 g/mol. The Morgan fingerprint density at radius 2 is 2.14 bits per heavy atom. The highest BCUT2D eigenvalue weighted by atomic mass is 35.5. The van der Waals surface area contributed by atoms with E-state index < -0.39 is 33.0 Å². The number of aromatic carboxylic acids is 1. The van der Waals surface area contributed by atoms with Crippen molar-refractivity contribution in [1.29, 1.82) is 0 Å². The van der Waals surface area contributed by atoms with Crippen LogP contribution in [0.4, 0.5) is 10.1 Å². The molecule has 0 unspecified atom stereocenters. The zero-order chi connectivity index (χ0) is 10.9. The van der Waals surface area contributed by atoms with Crippen molar-refractivity contribution in [3.8, 4) is 0 Å². The molecule has 0 bridgehead atoms. The Hall–Kier alpha value is -1.69. The predicted molar refractivity (Wildman–Crippen MR) is 45.0 cm³/mol. The fraction of sp³-hybridized carbons (Fsp3) is 0. The van der Waals surface area contributed by atoms with E-state index in [4.69, 9.17) is 16.7 Å². The van der Waals surface area contributed by atoms with Crippen molar-refractivity contribution in [3.63, 3.8) is 0 Å². The van der Waals surface area contributed by atoms with Crippen LogP contribution in [0.1, 0.15) is 10.4 Å². The molecule has 0 aliphatic heterocycles. The van der Waals surface area contributed by atoms with E-state index in [-0.39, 0.29) is 0 Å². The lowest BCUT2D eigenvalue weighted by Crippen LogP contribution is -2.03. The second-order valence-electron chi connectivity index (χ2n) is 2.35. The molecule has 0 atom stereocenters. The molecule has 14 heavy (non-hydrogen) atoms. The topological polar surface area (TPSA) is 80.4 Å². The fourth-order valence-corrected chi connectivity index (χ4v) is 1.02. The van der Waals surface area contributed by atoms with Gasteiger partial charge in [0.2, 0.25) is 0 Å². The standard InChI is InChI=1S/C7H3ClFNO4/c8-4-2-6(10(13)14)3(7(11)12)1-5(4)9/h1-2H,(H,11,12). The minimum Gasteiger partial charge on any atom is -0.477 e. The van der Waals surface area contributed by atoms with Gasteiger partial charge in [-0.05, 0) is 6.07 Å². The summed E-state index contributed by atoms with van der Waals surface area (Å²) in [6.07, 6.45) is 0. The quantitative estimate of drug-likeness (QED) is 0.610. The Labute approximate surface area is 81.9 Å². The number of nitrogens with zero attached hydrogens (tertiary/aromatic N) is 1. The van der Waals surface area contributed by atoms with Gasteiger partial charge >= 0.3 is 5.97 Å². The van der Waals surface area contributed by atoms with Crippen LogP contribution in [0.3, 0.4) is 0 Å². The molecule has 0 saturated carbocycles. The summed E-state index contributed by atoms with van der Waals surface area (Å²) in [4.78, 5) is 19.9. The van der Waals surface area contributed by atoms with E-state index in [1.54, 1.807) is 0 Å². The van der Waals surface area contributed by atoms with Crippen molar-refractivity contribution >= 4 is 23.3 Å². The van der Waals surface area contributed by atoms with E-state index in [1.807, 2.05) is 0 Å². The molecule has 0 radical (unpaired) electrons. The molecule has 0 amide bonds. The third kappa shape index (κ3) is 1.80. The average molecular weight is 220 g/mol.